The molecule has 1 aromatic rings. The number of ether oxygens (including phenoxy) is 2. The molecule has 0 saturated carbocycles. The number of hydrogen-bond acceptors (Lipinski definition) is 3. The minimum absolute atomic E-state index is 0.179. The third-order valence-electron chi connectivity index (χ3n) is 2.59. The lowest BCUT2D eigenvalue weighted by Gasteiger charge is -2.10. The predicted octanol–water partition coefficient (Wildman–Crippen LogP) is 1.69. The Hall–Kier alpha value is -1.39. The Labute approximate surface area is 93.8 Å². The van der Waals surface area contributed by atoms with Gasteiger partial charge in [0.2, 0.25) is 0 Å². The topological polar surface area (TPSA) is 55.8 Å². The van der Waals surface area contributed by atoms with E-state index in [-0.39, 0.29) is 6.29 Å². The summed E-state index contributed by atoms with van der Waals surface area (Å²) >= 11 is 0. The van der Waals surface area contributed by atoms with Crippen LogP contribution in [0.4, 0.5) is 0 Å². The summed E-state index contributed by atoms with van der Waals surface area (Å²) in [5, 5.41) is 9.00. The normalized spacial score (nSPS) is 16.5. The molecule has 86 valence electrons. The van der Waals surface area contributed by atoms with Crippen LogP contribution >= 0.6 is 0 Å². The second kappa shape index (κ2) is 5.09. The number of carboxylic acid groups (broad SMARTS) is 1. The van der Waals surface area contributed by atoms with E-state index >= 15 is 0 Å². The Morgan fingerprint density at radius 1 is 1.31 bits per heavy atom. The maximum atomic E-state index is 11.0. The number of aryl methyl sites for hydroxylation is 1. The van der Waals surface area contributed by atoms with E-state index in [2.05, 4.69) is 0 Å². The molecule has 1 aliphatic rings. The molecule has 16 heavy (non-hydrogen) atoms. The summed E-state index contributed by atoms with van der Waals surface area (Å²) in [5.74, 6) is -0.885. The van der Waals surface area contributed by atoms with Gasteiger partial charge in [0.25, 0.3) is 0 Å². The summed E-state index contributed by atoms with van der Waals surface area (Å²) in [6, 6.07) is 7.03. The molecule has 1 N–H and O–H groups in total. The van der Waals surface area contributed by atoms with E-state index in [1.807, 2.05) is 12.1 Å². The van der Waals surface area contributed by atoms with Gasteiger partial charge in [-0.25, -0.2) is 4.79 Å². The molecule has 0 bridgehead atoms. The van der Waals surface area contributed by atoms with Crippen molar-refractivity contribution in [2.24, 2.45) is 0 Å². The third-order valence-corrected chi connectivity index (χ3v) is 2.59. The first-order valence-corrected chi connectivity index (χ1v) is 5.32. The summed E-state index contributed by atoms with van der Waals surface area (Å²) in [4.78, 5) is 11.0. The van der Waals surface area contributed by atoms with Crippen molar-refractivity contribution in [3.8, 4) is 0 Å². The minimum atomic E-state index is -0.885. The van der Waals surface area contributed by atoms with Gasteiger partial charge in [-0.15, -0.1) is 0 Å². The van der Waals surface area contributed by atoms with Gasteiger partial charge in [-0.3, -0.25) is 0 Å². The van der Waals surface area contributed by atoms with Gasteiger partial charge in [0.1, 0.15) is 0 Å². The first kappa shape index (κ1) is 11.1. The quantitative estimate of drug-likeness (QED) is 0.842. The number of aromatic carboxylic acids is 1. The van der Waals surface area contributed by atoms with E-state index in [9.17, 15) is 4.79 Å². The molecule has 4 heteroatoms. The van der Waals surface area contributed by atoms with Crippen LogP contribution in [0.1, 0.15) is 22.3 Å². The number of rotatable bonds is 4. The van der Waals surface area contributed by atoms with E-state index in [4.69, 9.17) is 14.6 Å². The fraction of sp³-hybridized carbons (Fsp3) is 0.417. The summed E-state index contributed by atoms with van der Waals surface area (Å²) in [6.07, 6.45) is 1.18. The molecule has 0 aliphatic carbocycles. The van der Waals surface area contributed by atoms with Crippen LogP contribution in [0.25, 0.3) is 0 Å². The van der Waals surface area contributed by atoms with Crippen molar-refractivity contribution in [3.63, 3.8) is 0 Å². The first-order chi connectivity index (χ1) is 7.77. The first-order valence-electron chi connectivity index (χ1n) is 5.32. The Bertz CT molecular complexity index is 369. The summed E-state index contributed by atoms with van der Waals surface area (Å²) in [7, 11) is 0. The fourth-order valence-corrected chi connectivity index (χ4v) is 1.79. The Morgan fingerprint density at radius 3 is 2.69 bits per heavy atom. The Morgan fingerprint density at radius 2 is 2.00 bits per heavy atom. The molecular weight excluding hydrogens is 208 g/mol. The highest BCUT2D eigenvalue weighted by atomic mass is 16.7. The lowest BCUT2D eigenvalue weighted by Crippen LogP contribution is -2.10. The highest BCUT2D eigenvalue weighted by Gasteiger charge is 2.17. The van der Waals surface area contributed by atoms with E-state index in [0.717, 1.165) is 5.56 Å². The number of hydrogen-bond donors (Lipinski definition) is 1. The summed E-state index contributed by atoms with van der Waals surface area (Å²) < 4.78 is 10.6. The number of carboxylic acids is 1. The molecule has 0 unspecified atom stereocenters. The number of benzene rings is 1. The molecule has 1 saturated heterocycles. The molecule has 0 radical (unpaired) electrons. The second-order valence-electron chi connectivity index (χ2n) is 3.67. The van der Waals surface area contributed by atoms with Crippen molar-refractivity contribution in [2.45, 2.75) is 19.1 Å². The van der Waals surface area contributed by atoms with Gasteiger partial charge >= 0.3 is 5.97 Å². The molecule has 1 fully saturated rings. The van der Waals surface area contributed by atoms with Crippen molar-refractivity contribution >= 4 is 5.97 Å². The maximum Gasteiger partial charge on any atom is 0.335 e. The van der Waals surface area contributed by atoms with Crippen molar-refractivity contribution < 1.29 is 19.4 Å². The van der Waals surface area contributed by atoms with Gasteiger partial charge in [0, 0.05) is 6.42 Å². The van der Waals surface area contributed by atoms with E-state index in [1.165, 1.54) is 0 Å². The zero-order chi connectivity index (χ0) is 11.4. The van der Waals surface area contributed by atoms with Crippen molar-refractivity contribution in [1.29, 1.82) is 0 Å². The third kappa shape index (κ3) is 2.59. The molecule has 4 nitrogen and oxygen atoms in total. The molecular formula is C12H14O4. The lowest BCUT2D eigenvalue weighted by atomic mass is 10.0. The SMILES string of the molecule is O=C(O)c1ccccc1CCC1OCCO1. The highest BCUT2D eigenvalue weighted by Crippen LogP contribution is 2.15. The zero-order valence-corrected chi connectivity index (χ0v) is 8.89. The maximum absolute atomic E-state index is 11.0. The van der Waals surface area contributed by atoms with Crippen LogP contribution in [0.5, 0.6) is 0 Å². The average Bonchev–Trinajstić information content (AvgIpc) is 2.79. The van der Waals surface area contributed by atoms with Crippen molar-refractivity contribution in [2.75, 3.05) is 13.2 Å². The van der Waals surface area contributed by atoms with Gasteiger partial charge in [0.05, 0.1) is 18.8 Å². The van der Waals surface area contributed by atoms with Gasteiger partial charge in [-0.1, -0.05) is 18.2 Å². The highest BCUT2D eigenvalue weighted by molar-refractivity contribution is 5.89. The van der Waals surface area contributed by atoms with Crippen LogP contribution in [0.15, 0.2) is 24.3 Å². The van der Waals surface area contributed by atoms with Crippen LogP contribution in [-0.4, -0.2) is 30.6 Å². The molecule has 1 heterocycles. The molecule has 0 atom stereocenters. The zero-order valence-electron chi connectivity index (χ0n) is 8.89. The summed E-state index contributed by atoms with van der Waals surface area (Å²) in [6.45, 7) is 1.26. The fourth-order valence-electron chi connectivity index (χ4n) is 1.79. The Kier molecular flexibility index (Phi) is 3.54. The van der Waals surface area contributed by atoms with Crippen LogP contribution in [0.2, 0.25) is 0 Å². The van der Waals surface area contributed by atoms with E-state index in [0.29, 0.717) is 31.6 Å². The smallest absolute Gasteiger partial charge is 0.335 e. The van der Waals surface area contributed by atoms with Crippen molar-refractivity contribution in [1.82, 2.24) is 0 Å². The standard InChI is InChI=1S/C12H14O4/c13-12(14)10-4-2-1-3-9(10)5-6-11-15-7-8-16-11/h1-4,11H,5-8H2,(H,13,14). The molecule has 1 aromatic carbocycles. The van der Waals surface area contributed by atoms with Gasteiger partial charge in [-0.05, 0) is 18.1 Å². The Balaban J connectivity index is 2.00. The van der Waals surface area contributed by atoms with Gasteiger partial charge in [0.15, 0.2) is 6.29 Å². The monoisotopic (exact) mass is 222 g/mol. The van der Waals surface area contributed by atoms with Gasteiger partial charge < -0.3 is 14.6 Å². The van der Waals surface area contributed by atoms with Crippen LogP contribution in [0.3, 0.4) is 0 Å². The molecule has 1 aliphatic heterocycles. The minimum Gasteiger partial charge on any atom is -0.478 e. The van der Waals surface area contributed by atoms with E-state index < -0.39 is 5.97 Å². The summed E-state index contributed by atoms with van der Waals surface area (Å²) in [5.41, 5.74) is 1.19. The second-order valence-corrected chi connectivity index (χ2v) is 3.67. The predicted molar refractivity (Wildman–Crippen MR) is 57.4 cm³/mol. The lowest BCUT2D eigenvalue weighted by molar-refractivity contribution is -0.0462. The molecule has 0 amide bonds. The van der Waals surface area contributed by atoms with E-state index in [1.54, 1.807) is 12.1 Å². The molecule has 0 spiro atoms. The van der Waals surface area contributed by atoms with Crippen LogP contribution in [-0.2, 0) is 15.9 Å². The van der Waals surface area contributed by atoms with Crippen molar-refractivity contribution in [3.05, 3.63) is 35.4 Å². The number of carbonyl (C=O) groups is 1. The van der Waals surface area contributed by atoms with Crippen LogP contribution < -0.4 is 0 Å². The largest absolute Gasteiger partial charge is 0.478 e. The molecule has 0 aromatic heterocycles. The average molecular weight is 222 g/mol. The van der Waals surface area contributed by atoms with Gasteiger partial charge in [-0.2, -0.15) is 0 Å². The molecule has 2 rings (SSSR count). The van der Waals surface area contributed by atoms with Crippen LogP contribution in [0, 0.1) is 0 Å².